The van der Waals surface area contributed by atoms with Crippen molar-refractivity contribution in [3.05, 3.63) is 22.7 Å². The van der Waals surface area contributed by atoms with Crippen LogP contribution < -0.4 is 15.0 Å². The predicted octanol–water partition coefficient (Wildman–Crippen LogP) is 2.41. The number of morpholine rings is 1. The number of benzene rings is 1. The Hall–Kier alpha value is -1.79. The van der Waals surface area contributed by atoms with Crippen molar-refractivity contribution in [3.8, 4) is 5.75 Å². The number of anilines is 1. The molecule has 2 heterocycles. The van der Waals surface area contributed by atoms with Crippen LogP contribution in [0.2, 0.25) is 5.02 Å². The number of aryl methyl sites for hydroxylation is 1. The van der Waals surface area contributed by atoms with Crippen LogP contribution in [0, 0.1) is 6.92 Å². The smallest absolute Gasteiger partial charge is 0.295 e. The molecule has 2 aliphatic rings. The van der Waals surface area contributed by atoms with E-state index in [9.17, 15) is 9.59 Å². The Kier molecular flexibility index (Phi) is 4.00. The van der Waals surface area contributed by atoms with Crippen molar-refractivity contribution in [2.75, 3.05) is 18.1 Å². The summed E-state index contributed by atoms with van der Waals surface area (Å²) in [5, 5.41) is 3.25. The summed E-state index contributed by atoms with van der Waals surface area (Å²) in [6.07, 6.45) is 0.767. The lowest BCUT2D eigenvalue weighted by Gasteiger charge is -2.47. The molecule has 0 saturated carbocycles. The normalized spacial score (nSPS) is 25.3. The number of fused-ring (bicyclic) bond motifs is 1. The molecule has 0 bridgehead atoms. The van der Waals surface area contributed by atoms with E-state index in [4.69, 9.17) is 21.1 Å². The number of nitrogens with zero attached hydrogens (tertiary/aromatic N) is 1. The standard InChI is InChI=1S/C17H21ClN2O4/c1-5-6-20-12-7-10(2)11(18)8-13(12)24-17(15(20)22)9-23-16(3,4)14(21)19-17/h7-8H,5-6,9H2,1-4H3,(H,19,21). The van der Waals surface area contributed by atoms with Crippen LogP contribution in [-0.2, 0) is 14.3 Å². The summed E-state index contributed by atoms with van der Waals surface area (Å²) in [4.78, 5) is 27.0. The van der Waals surface area contributed by atoms with E-state index in [1.54, 1.807) is 24.8 Å². The lowest BCUT2D eigenvalue weighted by molar-refractivity contribution is -0.186. The average Bonchev–Trinajstić information content (AvgIpc) is 2.51. The molecule has 2 aliphatic heterocycles. The van der Waals surface area contributed by atoms with Gasteiger partial charge in [-0.05, 0) is 38.8 Å². The monoisotopic (exact) mass is 352 g/mol. The molecule has 1 spiro atoms. The Morgan fingerprint density at radius 2 is 2.04 bits per heavy atom. The SMILES string of the molecule is CCCN1C(=O)C2(COC(C)(C)C(=O)N2)Oc2cc(Cl)c(C)cc21. The quantitative estimate of drug-likeness (QED) is 0.887. The molecule has 7 heteroatoms. The lowest BCUT2D eigenvalue weighted by atomic mass is 10.0. The molecule has 1 aromatic carbocycles. The zero-order valence-electron chi connectivity index (χ0n) is 14.2. The molecule has 0 radical (unpaired) electrons. The van der Waals surface area contributed by atoms with Crippen molar-refractivity contribution in [1.29, 1.82) is 0 Å². The van der Waals surface area contributed by atoms with Gasteiger partial charge in [0.15, 0.2) is 0 Å². The molecule has 1 unspecified atom stereocenters. The van der Waals surface area contributed by atoms with Crippen molar-refractivity contribution in [2.45, 2.75) is 45.4 Å². The summed E-state index contributed by atoms with van der Waals surface area (Å²) in [6.45, 7) is 7.61. The maximum absolute atomic E-state index is 13.1. The molecule has 1 fully saturated rings. The Morgan fingerprint density at radius 3 is 2.67 bits per heavy atom. The van der Waals surface area contributed by atoms with Crippen molar-refractivity contribution in [2.24, 2.45) is 0 Å². The largest absolute Gasteiger partial charge is 0.454 e. The molecule has 1 atom stereocenters. The van der Waals surface area contributed by atoms with Crippen LogP contribution >= 0.6 is 11.6 Å². The van der Waals surface area contributed by atoms with Crippen molar-refractivity contribution in [1.82, 2.24) is 5.32 Å². The number of rotatable bonds is 2. The van der Waals surface area contributed by atoms with Crippen molar-refractivity contribution >= 4 is 29.1 Å². The van der Waals surface area contributed by atoms with E-state index in [1.165, 1.54) is 0 Å². The van der Waals surface area contributed by atoms with Gasteiger partial charge in [-0.1, -0.05) is 18.5 Å². The maximum atomic E-state index is 13.1. The molecule has 1 saturated heterocycles. The van der Waals surface area contributed by atoms with E-state index in [1.807, 2.05) is 19.9 Å². The van der Waals surface area contributed by atoms with Gasteiger partial charge in [0.2, 0.25) is 0 Å². The molecule has 24 heavy (non-hydrogen) atoms. The second-order valence-electron chi connectivity index (χ2n) is 6.71. The maximum Gasteiger partial charge on any atom is 0.295 e. The number of ether oxygens (including phenoxy) is 2. The number of amides is 2. The molecule has 0 aliphatic carbocycles. The van der Waals surface area contributed by atoms with Crippen LogP contribution in [0.1, 0.15) is 32.8 Å². The minimum atomic E-state index is -1.55. The van der Waals surface area contributed by atoms with Gasteiger partial charge in [-0.3, -0.25) is 9.59 Å². The topological polar surface area (TPSA) is 67.9 Å². The van der Waals surface area contributed by atoms with Gasteiger partial charge in [0, 0.05) is 17.6 Å². The zero-order chi connectivity index (χ0) is 17.7. The lowest BCUT2D eigenvalue weighted by Crippen LogP contribution is -2.74. The minimum absolute atomic E-state index is 0.0598. The van der Waals surface area contributed by atoms with E-state index < -0.39 is 11.3 Å². The summed E-state index contributed by atoms with van der Waals surface area (Å²) in [5.74, 6) is -0.259. The molecule has 0 aromatic heterocycles. The number of hydrogen-bond acceptors (Lipinski definition) is 4. The van der Waals surface area contributed by atoms with E-state index in [2.05, 4.69) is 5.32 Å². The van der Waals surface area contributed by atoms with Gasteiger partial charge in [0.1, 0.15) is 18.0 Å². The summed E-state index contributed by atoms with van der Waals surface area (Å²) >= 11 is 6.21. The van der Waals surface area contributed by atoms with Gasteiger partial charge in [0.05, 0.1) is 5.69 Å². The third-order valence-electron chi connectivity index (χ3n) is 4.35. The van der Waals surface area contributed by atoms with Crippen LogP contribution in [0.4, 0.5) is 5.69 Å². The first-order valence-corrected chi connectivity index (χ1v) is 8.36. The van der Waals surface area contributed by atoms with E-state index in [0.29, 0.717) is 23.0 Å². The Labute approximate surface area is 146 Å². The minimum Gasteiger partial charge on any atom is -0.454 e. The molecule has 1 N–H and O–H groups in total. The third-order valence-corrected chi connectivity index (χ3v) is 4.76. The second kappa shape index (κ2) is 5.63. The third kappa shape index (κ3) is 2.54. The van der Waals surface area contributed by atoms with Crippen LogP contribution in [0.3, 0.4) is 0 Å². The molecular weight excluding hydrogens is 332 g/mol. The summed E-state index contributed by atoms with van der Waals surface area (Å²) in [5.41, 5.74) is -1.04. The zero-order valence-corrected chi connectivity index (χ0v) is 15.0. The summed E-state index contributed by atoms with van der Waals surface area (Å²) in [7, 11) is 0. The Balaban J connectivity index is 2.07. The van der Waals surface area contributed by atoms with Gasteiger partial charge in [0.25, 0.3) is 17.5 Å². The molecular formula is C17H21ClN2O4. The number of carbonyl (C=O) groups excluding carboxylic acids is 2. The number of hydrogen-bond donors (Lipinski definition) is 1. The van der Waals surface area contributed by atoms with Crippen molar-refractivity contribution in [3.63, 3.8) is 0 Å². The fourth-order valence-corrected chi connectivity index (χ4v) is 2.99. The van der Waals surface area contributed by atoms with Gasteiger partial charge < -0.3 is 19.7 Å². The fourth-order valence-electron chi connectivity index (χ4n) is 2.83. The number of carbonyl (C=O) groups is 2. The van der Waals surface area contributed by atoms with Crippen molar-refractivity contribution < 1.29 is 19.1 Å². The average molecular weight is 353 g/mol. The van der Waals surface area contributed by atoms with Gasteiger partial charge in [-0.25, -0.2) is 0 Å². The molecule has 3 rings (SSSR count). The first-order valence-electron chi connectivity index (χ1n) is 7.98. The second-order valence-corrected chi connectivity index (χ2v) is 7.12. The highest BCUT2D eigenvalue weighted by Gasteiger charge is 2.55. The van der Waals surface area contributed by atoms with Gasteiger partial charge >= 0.3 is 0 Å². The Bertz CT molecular complexity index is 719. The van der Waals surface area contributed by atoms with Crippen LogP contribution in [0.15, 0.2) is 12.1 Å². The Morgan fingerprint density at radius 1 is 1.33 bits per heavy atom. The molecule has 6 nitrogen and oxygen atoms in total. The van der Waals surface area contributed by atoms with Crippen LogP contribution in [0.5, 0.6) is 5.75 Å². The van der Waals surface area contributed by atoms with E-state index >= 15 is 0 Å². The van der Waals surface area contributed by atoms with Gasteiger partial charge in [-0.15, -0.1) is 0 Å². The highest BCUT2D eigenvalue weighted by Crippen LogP contribution is 2.41. The first-order chi connectivity index (χ1) is 11.2. The molecule has 130 valence electrons. The van der Waals surface area contributed by atoms with Crippen LogP contribution in [-0.4, -0.2) is 36.3 Å². The molecule has 2 amide bonds. The van der Waals surface area contributed by atoms with E-state index in [-0.39, 0.29) is 18.4 Å². The predicted molar refractivity (Wildman–Crippen MR) is 90.4 cm³/mol. The molecule has 1 aromatic rings. The highest BCUT2D eigenvalue weighted by atomic mass is 35.5. The van der Waals surface area contributed by atoms with Crippen LogP contribution in [0.25, 0.3) is 0 Å². The van der Waals surface area contributed by atoms with Gasteiger partial charge in [-0.2, -0.15) is 0 Å². The summed E-state index contributed by atoms with van der Waals surface area (Å²) < 4.78 is 11.5. The van der Waals surface area contributed by atoms with E-state index in [0.717, 1.165) is 12.0 Å². The highest BCUT2D eigenvalue weighted by molar-refractivity contribution is 6.31. The number of halogens is 1. The fraction of sp³-hybridized carbons (Fsp3) is 0.529. The first kappa shape index (κ1) is 17.0. The number of nitrogens with one attached hydrogen (secondary N) is 1. The summed E-state index contributed by atoms with van der Waals surface area (Å²) in [6, 6.07) is 3.50.